The van der Waals surface area contributed by atoms with Crippen LogP contribution in [-0.4, -0.2) is 50.0 Å². The molecule has 1 N–H and O–H groups in total. The van der Waals surface area contributed by atoms with Gasteiger partial charge in [-0.3, -0.25) is 4.31 Å². The number of nitriles is 1. The van der Waals surface area contributed by atoms with Gasteiger partial charge in [-0.25, -0.2) is 13.4 Å². The van der Waals surface area contributed by atoms with Crippen molar-refractivity contribution in [1.82, 2.24) is 14.3 Å². The van der Waals surface area contributed by atoms with Gasteiger partial charge in [0.1, 0.15) is 0 Å². The lowest BCUT2D eigenvalue weighted by molar-refractivity contribution is 0.324. The van der Waals surface area contributed by atoms with E-state index in [1.807, 2.05) is 36.4 Å². The first-order valence-corrected chi connectivity index (χ1v) is 13.0. The maximum Gasteiger partial charge on any atom is 0.283 e. The number of sulfonamides is 2. The third-order valence-corrected chi connectivity index (χ3v) is 8.31. The Kier molecular flexibility index (Phi) is 5.77. The summed E-state index contributed by atoms with van der Waals surface area (Å²) in [4.78, 5) is 6.56. The van der Waals surface area contributed by atoms with Crippen molar-refractivity contribution in [1.29, 1.82) is 5.26 Å². The molecule has 11 heteroatoms. The minimum atomic E-state index is -4.08. The maximum absolute atomic E-state index is 13.5. The van der Waals surface area contributed by atoms with E-state index in [9.17, 15) is 22.1 Å². The van der Waals surface area contributed by atoms with E-state index >= 15 is 0 Å². The molecule has 3 aromatic rings. The van der Waals surface area contributed by atoms with Crippen LogP contribution in [0, 0.1) is 11.3 Å². The molecule has 0 saturated carbocycles. The summed E-state index contributed by atoms with van der Waals surface area (Å²) in [6, 6.07) is 15.3. The van der Waals surface area contributed by atoms with Crippen LogP contribution in [0.1, 0.15) is 16.7 Å². The molecule has 2 aromatic carbocycles. The lowest BCUT2D eigenvalue weighted by Crippen LogP contribution is -2.46. The molecule has 0 aliphatic carbocycles. The maximum atomic E-state index is 13.5. The predicted octanol–water partition coefficient (Wildman–Crippen LogP) is 1.86. The van der Waals surface area contributed by atoms with E-state index in [1.165, 1.54) is 33.3 Å². The van der Waals surface area contributed by atoms with Crippen LogP contribution >= 0.6 is 0 Å². The Balaban J connectivity index is 1.88. The number of aromatic amines is 1. The number of aromatic nitrogens is 2. The lowest BCUT2D eigenvalue weighted by Gasteiger charge is -2.30. The quantitative estimate of drug-likeness (QED) is 0.605. The zero-order valence-electron chi connectivity index (χ0n) is 17.2. The van der Waals surface area contributed by atoms with Crippen LogP contribution in [0.3, 0.4) is 0 Å². The first-order valence-electron chi connectivity index (χ1n) is 9.75. The second-order valence-corrected chi connectivity index (χ2v) is 11.3. The Labute approximate surface area is 187 Å². The van der Waals surface area contributed by atoms with Gasteiger partial charge >= 0.3 is 0 Å². The highest BCUT2D eigenvalue weighted by Gasteiger charge is 2.38. The second-order valence-electron chi connectivity index (χ2n) is 7.55. The van der Waals surface area contributed by atoms with Crippen LogP contribution in [0.25, 0.3) is 0 Å². The third kappa shape index (κ3) is 4.25. The summed E-state index contributed by atoms with van der Waals surface area (Å²) >= 11 is 0. The Bertz CT molecular complexity index is 1370. The molecule has 1 aromatic heterocycles. The highest BCUT2D eigenvalue weighted by atomic mass is 32.2. The van der Waals surface area contributed by atoms with E-state index in [1.54, 1.807) is 6.07 Å². The average molecular weight is 472 g/mol. The van der Waals surface area contributed by atoms with E-state index in [0.717, 1.165) is 11.8 Å². The first kappa shape index (κ1) is 22.0. The fourth-order valence-electron chi connectivity index (χ4n) is 3.87. The molecule has 0 unspecified atom stereocenters. The molecule has 2 heterocycles. The van der Waals surface area contributed by atoms with Gasteiger partial charge in [0.15, 0.2) is 5.03 Å². The van der Waals surface area contributed by atoms with Crippen molar-refractivity contribution >= 4 is 25.7 Å². The van der Waals surface area contributed by atoms with Gasteiger partial charge in [-0.05, 0) is 35.7 Å². The van der Waals surface area contributed by atoms with Crippen molar-refractivity contribution in [2.45, 2.75) is 24.0 Å². The summed E-state index contributed by atoms with van der Waals surface area (Å²) in [5.41, 5.74) is 1.96. The molecular formula is C21H21N5O4S2. The monoisotopic (exact) mass is 471 g/mol. The molecule has 166 valence electrons. The first-order chi connectivity index (χ1) is 15.2. The summed E-state index contributed by atoms with van der Waals surface area (Å²) in [6.45, 7) is -0.149. The van der Waals surface area contributed by atoms with Crippen LogP contribution in [0.4, 0.5) is 5.69 Å². The van der Waals surface area contributed by atoms with Gasteiger partial charge in [-0.1, -0.05) is 30.3 Å². The number of anilines is 1. The SMILES string of the molecule is CS(=O)(=O)N1Cc2cc(C#N)ccc2N(S(=O)(=O)c2c[nH]cn2)C[C@H]1Cc1ccccc1. The Morgan fingerprint density at radius 2 is 1.91 bits per heavy atom. The molecule has 0 radical (unpaired) electrons. The van der Waals surface area contributed by atoms with Crippen LogP contribution in [0.5, 0.6) is 0 Å². The fourth-order valence-corrected chi connectivity index (χ4v) is 6.36. The van der Waals surface area contributed by atoms with E-state index in [0.29, 0.717) is 23.2 Å². The highest BCUT2D eigenvalue weighted by Crippen LogP contribution is 2.34. The largest absolute Gasteiger partial charge is 0.350 e. The Morgan fingerprint density at radius 1 is 1.16 bits per heavy atom. The second kappa shape index (κ2) is 8.38. The summed E-state index contributed by atoms with van der Waals surface area (Å²) < 4.78 is 55.0. The van der Waals surface area contributed by atoms with Crippen LogP contribution in [-0.2, 0) is 33.0 Å². The highest BCUT2D eigenvalue weighted by molar-refractivity contribution is 7.92. The average Bonchev–Trinajstić information content (AvgIpc) is 3.25. The standard InChI is InChI=1S/C21H21N5O4S2/c1-31(27,28)25-13-18-9-17(11-22)7-8-20(18)26(32(29,30)21-12-23-15-24-21)14-19(25)10-16-5-3-2-4-6-16/h2-9,12,15,19H,10,13-14H2,1H3,(H,23,24)/t19-/m1/s1. The van der Waals surface area contributed by atoms with Gasteiger partial charge in [0.05, 0.1) is 36.4 Å². The van der Waals surface area contributed by atoms with Crippen molar-refractivity contribution in [3.05, 3.63) is 77.7 Å². The fraction of sp³-hybridized carbons (Fsp3) is 0.238. The van der Waals surface area contributed by atoms with Crippen molar-refractivity contribution in [2.24, 2.45) is 0 Å². The van der Waals surface area contributed by atoms with Gasteiger partial charge in [0.25, 0.3) is 10.0 Å². The number of hydrogen-bond acceptors (Lipinski definition) is 6. The minimum absolute atomic E-state index is 0.0478. The number of nitrogens with zero attached hydrogens (tertiary/aromatic N) is 4. The summed E-state index contributed by atoms with van der Waals surface area (Å²) in [7, 11) is -7.78. The third-order valence-electron chi connectivity index (χ3n) is 5.36. The van der Waals surface area contributed by atoms with Crippen LogP contribution in [0.2, 0.25) is 0 Å². The van der Waals surface area contributed by atoms with Gasteiger partial charge in [-0.15, -0.1) is 0 Å². The number of imidazole rings is 1. The smallest absolute Gasteiger partial charge is 0.283 e. The van der Waals surface area contributed by atoms with Gasteiger partial charge < -0.3 is 4.98 Å². The zero-order valence-corrected chi connectivity index (χ0v) is 18.8. The Morgan fingerprint density at radius 3 is 2.53 bits per heavy atom. The van der Waals surface area contributed by atoms with E-state index < -0.39 is 26.1 Å². The molecule has 1 aliphatic rings. The zero-order chi connectivity index (χ0) is 22.9. The Hall–Kier alpha value is -3.20. The van der Waals surface area contributed by atoms with Crippen LogP contribution in [0.15, 0.2) is 66.1 Å². The summed E-state index contributed by atoms with van der Waals surface area (Å²) in [5, 5.41) is 9.16. The molecule has 0 saturated heterocycles. The van der Waals surface area contributed by atoms with Crippen molar-refractivity contribution < 1.29 is 16.8 Å². The number of H-pyrrole nitrogens is 1. The van der Waals surface area contributed by atoms with Crippen molar-refractivity contribution in [3.8, 4) is 6.07 Å². The van der Waals surface area contributed by atoms with Crippen LogP contribution < -0.4 is 4.31 Å². The van der Waals surface area contributed by atoms with Gasteiger partial charge in [0, 0.05) is 18.8 Å². The molecule has 1 atom stereocenters. The molecule has 9 nitrogen and oxygen atoms in total. The molecular weight excluding hydrogens is 450 g/mol. The number of fused-ring (bicyclic) bond motifs is 1. The van der Waals surface area contributed by atoms with E-state index in [-0.39, 0.29) is 18.1 Å². The van der Waals surface area contributed by atoms with Gasteiger partial charge in [-0.2, -0.15) is 18.0 Å². The lowest BCUT2D eigenvalue weighted by atomic mass is 10.1. The molecule has 0 spiro atoms. The van der Waals surface area contributed by atoms with Crippen molar-refractivity contribution in [3.63, 3.8) is 0 Å². The molecule has 1 aliphatic heterocycles. The number of rotatable bonds is 5. The molecule has 0 fully saturated rings. The summed E-state index contributed by atoms with van der Waals surface area (Å²) in [5.74, 6) is 0. The predicted molar refractivity (Wildman–Crippen MR) is 119 cm³/mol. The topological polar surface area (TPSA) is 127 Å². The summed E-state index contributed by atoms with van der Waals surface area (Å²) in [6.07, 6.45) is 3.98. The van der Waals surface area contributed by atoms with Crippen molar-refractivity contribution in [2.75, 3.05) is 17.1 Å². The van der Waals surface area contributed by atoms with E-state index in [2.05, 4.69) is 9.97 Å². The molecule has 4 rings (SSSR count). The number of nitrogens with one attached hydrogen (secondary N) is 1. The minimum Gasteiger partial charge on any atom is -0.350 e. The molecule has 0 bridgehead atoms. The number of hydrogen-bond donors (Lipinski definition) is 1. The normalized spacial score (nSPS) is 17.4. The van der Waals surface area contributed by atoms with Gasteiger partial charge in [0.2, 0.25) is 10.0 Å². The molecule has 0 amide bonds. The van der Waals surface area contributed by atoms with E-state index in [4.69, 9.17) is 0 Å². The molecule has 32 heavy (non-hydrogen) atoms. The number of benzene rings is 2.